The molecule has 3 rings (SSSR count). The molecule has 0 saturated heterocycles. The van der Waals surface area contributed by atoms with E-state index in [2.05, 4.69) is 0 Å². The van der Waals surface area contributed by atoms with Crippen molar-refractivity contribution in [3.8, 4) is 22.8 Å². The Morgan fingerprint density at radius 2 is 1.61 bits per heavy atom. The van der Waals surface area contributed by atoms with Crippen LogP contribution in [0.2, 0.25) is 0 Å². The van der Waals surface area contributed by atoms with Gasteiger partial charge in [0.05, 0.1) is 30.8 Å². The van der Waals surface area contributed by atoms with Crippen molar-refractivity contribution < 1.29 is 9.47 Å². The Balaban J connectivity index is 2.30. The summed E-state index contributed by atoms with van der Waals surface area (Å²) >= 11 is 0. The molecule has 1 aromatic heterocycles. The first-order chi connectivity index (χ1) is 11.0. The third-order valence-electron chi connectivity index (χ3n) is 3.98. The van der Waals surface area contributed by atoms with Crippen LogP contribution in [0.5, 0.6) is 11.5 Å². The highest BCUT2D eigenvalue weighted by atomic mass is 16.5. The molecular weight excluding hydrogens is 292 g/mol. The van der Waals surface area contributed by atoms with Crippen molar-refractivity contribution in [2.45, 2.75) is 0 Å². The Morgan fingerprint density at radius 3 is 2.22 bits per heavy atom. The maximum Gasteiger partial charge on any atom is 0.192 e. The van der Waals surface area contributed by atoms with Crippen molar-refractivity contribution in [1.29, 1.82) is 0 Å². The van der Waals surface area contributed by atoms with E-state index in [1.165, 1.54) is 0 Å². The highest BCUT2D eigenvalue weighted by Gasteiger charge is 2.12. The summed E-state index contributed by atoms with van der Waals surface area (Å²) in [7, 11) is 5.10. The van der Waals surface area contributed by atoms with Gasteiger partial charge < -0.3 is 19.8 Å². The number of rotatable bonds is 3. The number of ether oxygens (including phenoxy) is 2. The van der Waals surface area contributed by atoms with Crippen LogP contribution in [0.3, 0.4) is 0 Å². The van der Waals surface area contributed by atoms with Crippen molar-refractivity contribution in [3.05, 3.63) is 52.7 Å². The number of methoxy groups -OCH3 is 2. The number of nitrogen functional groups attached to an aromatic ring is 1. The molecule has 0 unspecified atom stereocenters. The van der Waals surface area contributed by atoms with E-state index < -0.39 is 0 Å². The Bertz CT molecular complexity index is 928. The third kappa shape index (κ3) is 2.50. The molecule has 0 atom stereocenters. The summed E-state index contributed by atoms with van der Waals surface area (Å²) in [5.74, 6) is 1.39. The fraction of sp³-hybridized carbons (Fsp3) is 0.167. The lowest BCUT2D eigenvalue weighted by atomic mass is 10.1. The number of hydrogen-bond donors (Lipinski definition) is 1. The molecule has 2 N–H and O–H groups in total. The lowest BCUT2D eigenvalue weighted by Crippen LogP contribution is -2.11. The van der Waals surface area contributed by atoms with Gasteiger partial charge >= 0.3 is 0 Å². The van der Waals surface area contributed by atoms with Gasteiger partial charge in [-0.05, 0) is 29.8 Å². The van der Waals surface area contributed by atoms with E-state index in [4.69, 9.17) is 15.2 Å². The molecule has 5 heteroatoms. The number of aryl methyl sites for hydroxylation is 1. The topological polar surface area (TPSA) is 66.5 Å². The van der Waals surface area contributed by atoms with Gasteiger partial charge in [0, 0.05) is 30.9 Å². The van der Waals surface area contributed by atoms with Crippen LogP contribution in [0.25, 0.3) is 22.2 Å². The predicted molar refractivity (Wildman–Crippen MR) is 92.1 cm³/mol. The van der Waals surface area contributed by atoms with Gasteiger partial charge in [-0.15, -0.1) is 0 Å². The summed E-state index contributed by atoms with van der Waals surface area (Å²) < 4.78 is 12.4. The van der Waals surface area contributed by atoms with Crippen LogP contribution in [0.4, 0.5) is 5.69 Å². The fourth-order valence-electron chi connectivity index (χ4n) is 2.73. The second-order valence-corrected chi connectivity index (χ2v) is 5.29. The average molecular weight is 310 g/mol. The summed E-state index contributed by atoms with van der Waals surface area (Å²) in [4.78, 5) is 12.5. The van der Waals surface area contributed by atoms with Crippen molar-refractivity contribution in [3.63, 3.8) is 0 Å². The van der Waals surface area contributed by atoms with Crippen LogP contribution >= 0.6 is 0 Å². The molecule has 23 heavy (non-hydrogen) atoms. The molecule has 0 aliphatic carbocycles. The van der Waals surface area contributed by atoms with Crippen LogP contribution < -0.4 is 20.6 Å². The number of hydrogen-bond acceptors (Lipinski definition) is 4. The van der Waals surface area contributed by atoms with E-state index in [0.29, 0.717) is 16.8 Å². The van der Waals surface area contributed by atoms with E-state index in [1.54, 1.807) is 26.4 Å². The quantitative estimate of drug-likeness (QED) is 0.755. The minimum Gasteiger partial charge on any atom is -0.497 e. The zero-order chi connectivity index (χ0) is 16.6. The van der Waals surface area contributed by atoms with Gasteiger partial charge in [-0.25, -0.2) is 0 Å². The lowest BCUT2D eigenvalue weighted by molar-refractivity contribution is 0.415. The van der Waals surface area contributed by atoms with Crippen molar-refractivity contribution in [2.75, 3.05) is 20.0 Å². The highest BCUT2D eigenvalue weighted by molar-refractivity contribution is 5.93. The first-order valence-corrected chi connectivity index (χ1v) is 7.17. The molecule has 0 bridgehead atoms. The normalized spacial score (nSPS) is 10.7. The van der Waals surface area contributed by atoms with Crippen LogP contribution in [0, 0.1) is 0 Å². The summed E-state index contributed by atoms with van der Waals surface area (Å²) in [6.07, 6.45) is 0. The van der Waals surface area contributed by atoms with Crippen molar-refractivity contribution in [2.24, 2.45) is 7.05 Å². The third-order valence-corrected chi connectivity index (χ3v) is 3.98. The van der Waals surface area contributed by atoms with Crippen LogP contribution in [0.15, 0.2) is 47.3 Å². The number of fused-ring (bicyclic) bond motifs is 1. The number of anilines is 1. The molecule has 3 aromatic rings. The van der Waals surface area contributed by atoms with E-state index in [-0.39, 0.29) is 5.43 Å². The van der Waals surface area contributed by atoms with Gasteiger partial charge in [-0.2, -0.15) is 0 Å². The van der Waals surface area contributed by atoms with Crippen molar-refractivity contribution in [1.82, 2.24) is 4.57 Å². The standard InChI is InChI=1S/C18H18N2O3/c1-20-15(11-4-6-12(22-2)7-5-11)10-17(21)18-14(19)8-13(23-3)9-16(18)20/h4-10H,19H2,1-3H3. The molecule has 0 aliphatic rings. The largest absolute Gasteiger partial charge is 0.497 e. The molecule has 0 aliphatic heterocycles. The van der Waals surface area contributed by atoms with Gasteiger partial charge in [0.25, 0.3) is 0 Å². The summed E-state index contributed by atoms with van der Waals surface area (Å²) in [5, 5.41) is 0.505. The molecular formula is C18H18N2O3. The van der Waals surface area contributed by atoms with Gasteiger partial charge in [0.2, 0.25) is 0 Å². The van der Waals surface area contributed by atoms with Crippen LogP contribution in [0.1, 0.15) is 0 Å². The highest BCUT2D eigenvalue weighted by Crippen LogP contribution is 2.29. The second-order valence-electron chi connectivity index (χ2n) is 5.29. The number of nitrogens with zero attached hydrogens (tertiary/aromatic N) is 1. The van der Waals surface area contributed by atoms with Gasteiger partial charge in [0.15, 0.2) is 5.43 Å². The zero-order valence-electron chi connectivity index (χ0n) is 13.3. The minimum absolute atomic E-state index is 0.107. The van der Waals surface area contributed by atoms with E-state index in [9.17, 15) is 4.79 Å². The molecule has 1 heterocycles. The van der Waals surface area contributed by atoms with Crippen LogP contribution in [-0.2, 0) is 7.05 Å². The smallest absolute Gasteiger partial charge is 0.192 e. The first kappa shape index (κ1) is 15.0. The van der Waals surface area contributed by atoms with Crippen LogP contribution in [-0.4, -0.2) is 18.8 Å². The van der Waals surface area contributed by atoms with E-state index in [0.717, 1.165) is 22.5 Å². The SMILES string of the molecule is COc1ccc(-c2cc(=O)c3c(N)cc(OC)cc3n2C)cc1. The summed E-state index contributed by atoms with van der Waals surface area (Å²) in [6.45, 7) is 0. The Hall–Kier alpha value is -2.95. The first-order valence-electron chi connectivity index (χ1n) is 7.17. The van der Waals surface area contributed by atoms with Gasteiger partial charge in [0.1, 0.15) is 11.5 Å². The maximum atomic E-state index is 12.5. The Morgan fingerprint density at radius 1 is 0.957 bits per heavy atom. The molecule has 5 nitrogen and oxygen atoms in total. The number of aromatic nitrogens is 1. The molecule has 0 fully saturated rings. The number of benzene rings is 2. The molecule has 0 spiro atoms. The summed E-state index contributed by atoms with van der Waals surface area (Å²) in [5.41, 5.74) is 8.79. The molecule has 0 amide bonds. The molecule has 0 saturated carbocycles. The fourth-order valence-corrected chi connectivity index (χ4v) is 2.73. The second kappa shape index (κ2) is 5.68. The van der Waals surface area contributed by atoms with Gasteiger partial charge in [-0.3, -0.25) is 4.79 Å². The minimum atomic E-state index is -0.107. The number of pyridine rings is 1. The number of nitrogens with two attached hydrogens (primary N) is 1. The lowest BCUT2D eigenvalue weighted by Gasteiger charge is -2.15. The van der Waals surface area contributed by atoms with E-state index >= 15 is 0 Å². The Kier molecular flexibility index (Phi) is 3.70. The monoisotopic (exact) mass is 310 g/mol. The predicted octanol–water partition coefficient (Wildman–Crippen LogP) is 2.80. The van der Waals surface area contributed by atoms with Crippen molar-refractivity contribution >= 4 is 16.6 Å². The van der Waals surface area contributed by atoms with Gasteiger partial charge in [-0.1, -0.05) is 0 Å². The zero-order valence-corrected chi connectivity index (χ0v) is 13.3. The molecule has 2 aromatic carbocycles. The van der Waals surface area contributed by atoms with E-state index in [1.807, 2.05) is 41.9 Å². The summed E-state index contributed by atoms with van der Waals surface area (Å²) in [6, 6.07) is 12.7. The molecule has 0 radical (unpaired) electrons. The average Bonchev–Trinajstić information content (AvgIpc) is 2.57. The molecule has 118 valence electrons. The maximum absolute atomic E-state index is 12.5. The Labute approximate surface area is 133 Å².